The highest BCUT2D eigenvalue weighted by Crippen LogP contribution is 2.36. The molecule has 0 aromatic rings. The van der Waals surface area contributed by atoms with Gasteiger partial charge in [-0.05, 0) is 18.8 Å². The molecule has 4 heteroatoms. The molecule has 1 amide bonds. The number of carbonyl (C=O) groups excluding carboxylic acids is 1. The summed E-state index contributed by atoms with van der Waals surface area (Å²) in [5, 5.41) is 8.63. The van der Waals surface area contributed by atoms with E-state index in [4.69, 9.17) is 5.11 Å². The van der Waals surface area contributed by atoms with Gasteiger partial charge in [0.05, 0.1) is 0 Å². The number of aliphatic carboxylic acids is 1. The van der Waals surface area contributed by atoms with Gasteiger partial charge in [0, 0.05) is 12.5 Å². The minimum atomic E-state index is -0.906. The number of amides is 1. The lowest BCUT2D eigenvalue weighted by Gasteiger charge is -2.21. The van der Waals surface area contributed by atoms with E-state index < -0.39 is 5.97 Å². The van der Waals surface area contributed by atoms with Crippen molar-refractivity contribution in [3.8, 4) is 0 Å². The molecule has 78 valence electrons. The monoisotopic (exact) mass is 197 g/mol. The summed E-state index contributed by atoms with van der Waals surface area (Å²) in [6, 6.07) is 0. The first-order valence-corrected chi connectivity index (χ1v) is 5.19. The third kappa shape index (κ3) is 1.61. The average molecular weight is 197 g/mol. The number of fused-ring (bicyclic) bond motifs is 1. The maximum atomic E-state index is 11.7. The van der Waals surface area contributed by atoms with Crippen LogP contribution in [-0.2, 0) is 9.59 Å². The number of likely N-dealkylation sites (tertiary alicyclic amines) is 1. The summed E-state index contributed by atoms with van der Waals surface area (Å²) >= 11 is 0. The molecule has 14 heavy (non-hydrogen) atoms. The Labute approximate surface area is 82.9 Å². The fraction of sp³-hybridized carbons (Fsp3) is 0.800. The summed E-state index contributed by atoms with van der Waals surface area (Å²) in [6.45, 7) is 0.543. The SMILES string of the molecule is O=C(O)CN1CC2CCCCC2C1=O. The van der Waals surface area contributed by atoms with Crippen LogP contribution in [0.25, 0.3) is 0 Å². The van der Waals surface area contributed by atoms with Crippen LogP contribution in [-0.4, -0.2) is 35.0 Å². The summed E-state index contributed by atoms with van der Waals surface area (Å²) in [6.07, 6.45) is 4.36. The number of carbonyl (C=O) groups is 2. The third-order valence-corrected chi connectivity index (χ3v) is 3.32. The molecular formula is C10H15NO3. The van der Waals surface area contributed by atoms with Crippen molar-refractivity contribution in [2.45, 2.75) is 25.7 Å². The summed E-state index contributed by atoms with van der Waals surface area (Å²) in [5.74, 6) is -0.284. The lowest BCUT2D eigenvalue weighted by atomic mass is 9.81. The highest BCUT2D eigenvalue weighted by Gasteiger charge is 2.41. The van der Waals surface area contributed by atoms with E-state index in [-0.39, 0.29) is 18.4 Å². The maximum absolute atomic E-state index is 11.7. The van der Waals surface area contributed by atoms with E-state index in [0.717, 1.165) is 19.3 Å². The van der Waals surface area contributed by atoms with E-state index in [9.17, 15) is 9.59 Å². The zero-order valence-corrected chi connectivity index (χ0v) is 8.11. The Hall–Kier alpha value is -1.06. The van der Waals surface area contributed by atoms with Crippen molar-refractivity contribution >= 4 is 11.9 Å². The highest BCUT2D eigenvalue weighted by molar-refractivity contribution is 5.85. The van der Waals surface area contributed by atoms with E-state index in [1.54, 1.807) is 0 Å². The molecule has 2 atom stereocenters. The average Bonchev–Trinajstić information content (AvgIpc) is 2.44. The number of carboxylic acids is 1. The zero-order chi connectivity index (χ0) is 10.1. The van der Waals surface area contributed by atoms with E-state index in [1.807, 2.05) is 0 Å². The molecule has 0 aromatic heterocycles. The molecule has 2 fully saturated rings. The molecule has 1 saturated heterocycles. The smallest absolute Gasteiger partial charge is 0.323 e. The quantitative estimate of drug-likeness (QED) is 0.709. The molecular weight excluding hydrogens is 182 g/mol. The van der Waals surface area contributed by atoms with Crippen LogP contribution in [0.15, 0.2) is 0 Å². The Kier molecular flexibility index (Phi) is 2.44. The van der Waals surface area contributed by atoms with Gasteiger partial charge in [0.25, 0.3) is 0 Å². The Morgan fingerprint density at radius 2 is 2.14 bits per heavy atom. The van der Waals surface area contributed by atoms with Gasteiger partial charge >= 0.3 is 5.97 Å². The predicted molar refractivity (Wildman–Crippen MR) is 49.7 cm³/mol. The number of hydrogen-bond acceptors (Lipinski definition) is 2. The van der Waals surface area contributed by atoms with Gasteiger partial charge in [-0.25, -0.2) is 0 Å². The van der Waals surface area contributed by atoms with Gasteiger partial charge in [-0.2, -0.15) is 0 Å². The topological polar surface area (TPSA) is 57.6 Å². The summed E-state index contributed by atoms with van der Waals surface area (Å²) in [4.78, 5) is 23.8. The minimum absolute atomic E-state index is 0.0668. The van der Waals surface area contributed by atoms with Gasteiger partial charge in [-0.3, -0.25) is 9.59 Å². The standard InChI is InChI=1S/C10H15NO3/c12-9(13)6-11-5-7-3-1-2-4-8(7)10(11)14/h7-8H,1-6H2,(H,12,13). The van der Waals surface area contributed by atoms with Crippen molar-refractivity contribution in [1.29, 1.82) is 0 Å². The highest BCUT2D eigenvalue weighted by atomic mass is 16.4. The van der Waals surface area contributed by atoms with Gasteiger partial charge in [-0.1, -0.05) is 12.8 Å². The van der Waals surface area contributed by atoms with Gasteiger partial charge in [0.15, 0.2) is 0 Å². The van der Waals surface area contributed by atoms with Gasteiger partial charge in [0.1, 0.15) is 6.54 Å². The Morgan fingerprint density at radius 3 is 2.79 bits per heavy atom. The molecule has 1 aliphatic heterocycles. The Bertz CT molecular complexity index is 264. The molecule has 1 aliphatic carbocycles. The van der Waals surface area contributed by atoms with Crippen LogP contribution in [0.5, 0.6) is 0 Å². The Morgan fingerprint density at radius 1 is 1.43 bits per heavy atom. The van der Waals surface area contributed by atoms with Crippen molar-refractivity contribution in [1.82, 2.24) is 4.90 Å². The van der Waals surface area contributed by atoms with Crippen LogP contribution in [0.3, 0.4) is 0 Å². The van der Waals surface area contributed by atoms with Crippen LogP contribution in [0.4, 0.5) is 0 Å². The van der Waals surface area contributed by atoms with Crippen LogP contribution in [0.2, 0.25) is 0 Å². The van der Waals surface area contributed by atoms with Crippen molar-refractivity contribution in [3.05, 3.63) is 0 Å². The fourth-order valence-corrected chi connectivity index (χ4v) is 2.66. The molecule has 0 aromatic carbocycles. The minimum Gasteiger partial charge on any atom is -0.480 e. The van der Waals surface area contributed by atoms with Crippen LogP contribution < -0.4 is 0 Å². The molecule has 1 saturated carbocycles. The fourth-order valence-electron chi connectivity index (χ4n) is 2.66. The number of nitrogens with zero attached hydrogens (tertiary/aromatic N) is 1. The number of hydrogen-bond donors (Lipinski definition) is 1. The lowest BCUT2D eigenvalue weighted by molar-refractivity contribution is -0.143. The molecule has 2 rings (SSSR count). The second-order valence-electron chi connectivity index (χ2n) is 4.26. The first-order chi connectivity index (χ1) is 6.68. The Balaban J connectivity index is 2.02. The van der Waals surface area contributed by atoms with E-state index in [0.29, 0.717) is 12.5 Å². The van der Waals surface area contributed by atoms with Crippen molar-refractivity contribution in [3.63, 3.8) is 0 Å². The molecule has 0 radical (unpaired) electrons. The van der Waals surface area contributed by atoms with Gasteiger partial charge in [-0.15, -0.1) is 0 Å². The van der Waals surface area contributed by atoms with Crippen LogP contribution >= 0.6 is 0 Å². The van der Waals surface area contributed by atoms with Gasteiger partial charge < -0.3 is 10.0 Å². The summed E-state index contributed by atoms with van der Waals surface area (Å²) in [5.41, 5.74) is 0. The second kappa shape index (κ2) is 3.59. The molecule has 4 nitrogen and oxygen atoms in total. The van der Waals surface area contributed by atoms with Crippen molar-refractivity contribution in [2.75, 3.05) is 13.1 Å². The molecule has 2 aliphatic rings. The third-order valence-electron chi connectivity index (χ3n) is 3.32. The van der Waals surface area contributed by atoms with Crippen molar-refractivity contribution in [2.24, 2.45) is 11.8 Å². The molecule has 2 unspecified atom stereocenters. The first-order valence-electron chi connectivity index (χ1n) is 5.19. The maximum Gasteiger partial charge on any atom is 0.323 e. The number of carboxylic acid groups (broad SMARTS) is 1. The van der Waals surface area contributed by atoms with E-state index in [1.165, 1.54) is 11.3 Å². The predicted octanol–water partition coefficient (Wildman–Crippen LogP) is 0.720. The molecule has 1 heterocycles. The molecule has 0 bridgehead atoms. The summed E-state index contributed by atoms with van der Waals surface area (Å²) < 4.78 is 0. The van der Waals surface area contributed by atoms with Crippen LogP contribution in [0.1, 0.15) is 25.7 Å². The zero-order valence-electron chi connectivity index (χ0n) is 8.11. The first kappa shape index (κ1) is 9.49. The van der Waals surface area contributed by atoms with Crippen molar-refractivity contribution < 1.29 is 14.7 Å². The molecule has 0 spiro atoms. The number of rotatable bonds is 2. The molecule has 1 N–H and O–H groups in total. The van der Waals surface area contributed by atoms with E-state index in [2.05, 4.69) is 0 Å². The summed E-state index contributed by atoms with van der Waals surface area (Å²) in [7, 11) is 0. The van der Waals surface area contributed by atoms with Crippen LogP contribution in [0, 0.1) is 11.8 Å². The largest absolute Gasteiger partial charge is 0.480 e. The normalized spacial score (nSPS) is 31.7. The van der Waals surface area contributed by atoms with Gasteiger partial charge in [0.2, 0.25) is 5.91 Å². The second-order valence-corrected chi connectivity index (χ2v) is 4.26. The lowest BCUT2D eigenvalue weighted by Crippen LogP contribution is -2.32. The van der Waals surface area contributed by atoms with E-state index >= 15 is 0 Å².